The molecular weight excluding hydrogens is 995 g/mol. The largest absolute Gasteiger partial charge is 0.347 e. The van der Waals surface area contributed by atoms with E-state index in [9.17, 15) is 24.0 Å². The van der Waals surface area contributed by atoms with Gasteiger partial charge in [0, 0.05) is 37.7 Å². The minimum absolute atomic E-state index is 0.0507. The molecule has 6 N–H and O–H groups in total. The molecule has 9 atom stereocenters. The number of hydrogen-bond donors (Lipinski definition) is 6. The SMILES string of the molecule is CN[C@@H](C)C(=O)NC(C(=O)N1Cc2ccccc2C[C@H]1C(=O)N(Cc1ccc(C(=O)N[C@H]2C[C@@H](C(=O)N[C@@H]3CCCc4ccccc43)N(C(=O)[C@@H](NC(=O)[C@H](C)NC)C(C)(C)C)C2)cc1)[C@@H]1CCCc2ccccc21)C(C)(C)C. The van der Waals surface area contributed by atoms with Gasteiger partial charge in [-0.05, 0) is 135 Å². The maximum Gasteiger partial charge on any atom is 0.251 e. The van der Waals surface area contributed by atoms with Crippen molar-refractivity contribution < 1.29 is 33.6 Å². The quantitative estimate of drug-likeness (QED) is 0.0754. The van der Waals surface area contributed by atoms with Crippen LogP contribution in [0.3, 0.4) is 0 Å². The molecular formula is C63H83N9O7. The first-order chi connectivity index (χ1) is 37.6. The van der Waals surface area contributed by atoms with Crippen molar-refractivity contribution in [1.82, 2.24) is 46.6 Å². The Morgan fingerprint density at radius 3 is 1.71 bits per heavy atom. The first-order valence-corrected chi connectivity index (χ1v) is 28.4. The Kier molecular flexibility index (Phi) is 18.2. The molecule has 1 fully saturated rings. The molecule has 4 aliphatic rings. The number of aryl methyl sites for hydroxylation is 2. The van der Waals surface area contributed by atoms with Gasteiger partial charge in [0.05, 0.1) is 24.2 Å². The molecule has 0 bridgehead atoms. The van der Waals surface area contributed by atoms with Crippen LogP contribution in [-0.4, -0.2) is 119 Å². The number of carbonyl (C=O) groups is 7. The van der Waals surface area contributed by atoms with Gasteiger partial charge in [-0.3, -0.25) is 33.6 Å². The average Bonchev–Trinajstić information content (AvgIpc) is 3.99. The highest BCUT2D eigenvalue weighted by molar-refractivity contribution is 5.97. The molecule has 4 aromatic rings. The highest BCUT2D eigenvalue weighted by Gasteiger charge is 2.47. The Labute approximate surface area is 467 Å². The lowest BCUT2D eigenvalue weighted by molar-refractivity contribution is -0.152. The van der Waals surface area contributed by atoms with Crippen molar-refractivity contribution in [1.29, 1.82) is 0 Å². The summed E-state index contributed by atoms with van der Waals surface area (Å²) in [6.07, 6.45) is 5.51. The van der Waals surface area contributed by atoms with Gasteiger partial charge in [0.1, 0.15) is 24.2 Å². The summed E-state index contributed by atoms with van der Waals surface area (Å²) >= 11 is 0. The van der Waals surface area contributed by atoms with E-state index < -0.39 is 59.0 Å². The second-order valence-electron chi connectivity index (χ2n) is 24.4. The van der Waals surface area contributed by atoms with Crippen LogP contribution in [-0.2, 0) is 61.1 Å². The van der Waals surface area contributed by atoms with Crippen LogP contribution in [0.2, 0.25) is 0 Å². The van der Waals surface area contributed by atoms with Gasteiger partial charge in [0.2, 0.25) is 35.4 Å². The summed E-state index contributed by atoms with van der Waals surface area (Å²) in [7, 11) is 3.37. The molecule has 8 rings (SSSR count). The summed E-state index contributed by atoms with van der Waals surface area (Å²) in [6.45, 7) is 15.3. The Hall–Kier alpha value is -6.91. The fourth-order valence-corrected chi connectivity index (χ4v) is 11.8. The van der Waals surface area contributed by atoms with E-state index in [-0.39, 0.29) is 73.6 Å². The number of carbonyl (C=O) groups excluding carboxylic acids is 7. The number of likely N-dealkylation sites (tertiary alicyclic amines) is 1. The Balaban J connectivity index is 1.06. The van der Waals surface area contributed by atoms with E-state index in [1.54, 1.807) is 45.0 Å². The van der Waals surface area contributed by atoms with Gasteiger partial charge >= 0.3 is 0 Å². The molecule has 2 aliphatic heterocycles. The lowest BCUT2D eigenvalue weighted by atomic mass is 9.83. The van der Waals surface area contributed by atoms with E-state index in [1.165, 1.54) is 16.0 Å². The third kappa shape index (κ3) is 13.2. The van der Waals surface area contributed by atoms with Crippen LogP contribution < -0.4 is 31.9 Å². The topological polar surface area (TPSA) is 201 Å². The number of amides is 7. The number of benzene rings is 4. The first-order valence-electron chi connectivity index (χ1n) is 28.4. The molecule has 0 radical (unpaired) electrons. The summed E-state index contributed by atoms with van der Waals surface area (Å²) in [5.41, 5.74) is 6.16. The third-order valence-electron chi connectivity index (χ3n) is 16.7. The van der Waals surface area contributed by atoms with Crippen LogP contribution in [0.15, 0.2) is 97.1 Å². The lowest BCUT2D eigenvalue weighted by Crippen LogP contribution is -2.62. The highest BCUT2D eigenvalue weighted by Crippen LogP contribution is 2.38. The van der Waals surface area contributed by atoms with Crippen LogP contribution in [0.4, 0.5) is 0 Å². The minimum Gasteiger partial charge on any atom is -0.347 e. The fourth-order valence-electron chi connectivity index (χ4n) is 11.8. The van der Waals surface area contributed by atoms with E-state index in [4.69, 9.17) is 0 Å². The monoisotopic (exact) mass is 1080 g/mol. The minimum atomic E-state index is -0.963. The number of rotatable bonds is 16. The Bertz CT molecular complexity index is 2890. The predicted octanol–water partition coefficient (Wildman–Crippen LogP) is 6.22. The van der Waals surface area contributed by atoms with Crippen molar-refractivity contribution in [2.45, 2.75) is 174 Å². The highest BCUT2D eigenvalue weighted by atomic mass is 16.2. The molecule has 2 heterocycles. The number of nitrogens with one attached hydrogen (secondary N) is 6. The molecule has 1 unspecified atom stereocenters. The molecule has 2 aliphatic carbocycles. The van der Waals surface area contributed by atoms with E-state index in [0.29, 0.717) is 12.0 Å². The van der Waals surface area contributed by atoms with Crippen molar-refractivity contribution in [3.8, 4) is 0 Å². The summed E-state index contributed by atoms with van der Waals surface area (Å²) < 4.78 is 0. The molecule has 4 aromatic carbocycles. The van der Waals surface area contributed by atoms with Gasteiger partial charge in [-0.1, -0.05) is 126 Å². The molecule has 79 heavy (non-hydrogen) atoms. The molecule has 1 saturated heterocycles. The molecule has 0 aromatic heterocycles. The van der Waals surface area contributed by atoms with Gasteiger partial charge in [0.15, 0.2) is 0 Å². The van der Waals surface area contributed by atoms with E-state index in [1.807, 2.05) is 113 Å². The fraction of sp³-hybridized carbons (Fsp3) is 0.508. The van der Waals surface area contributed by atoms with E-state index in [0.717, 1.165) is 66.3 Å². The standard InChI is InChI=1S/C63H83N9O7/c1-38(64-9)55(73)68-53(62(3,4)5)60(78)71-36-45-22-12-11-21-44(45)33-52(71)59(77)70(50-28-18-24-42-20-14-16-26-48(42)50)35-40-29-31-43(32-30-40)57(75)66-46-34-51(58(76)67-49-27-17-23-41-19-13-15-25-47(41)49)72(37-46)61(79)54(63(6,7)8)69-56(74)39(2)65-10/h11-16,19-22,25-26,29-32,38-39,46,49-54,64-65H,17-18,23-24,27-28,33-37H2,1-10H3,(H,66,75)(H,67,76)(H,68,73)(H,69,74)/t38-,39-,46-,49+,50+,51-,52-,53?,54+/m0/s1. The predicted molar refractivity (Wildman–Crippen MR) is 305 cm³/mol. The van der Waals surface area contributed by atoms with Crippen molar-refractivity contribution in [3.05, 3.63) is 142 Å². The smallest absolute Gasteiger partial charge is 0.251 e. The van der Waals surface area contributed by atoms with Crippen molar-refractivity contribution in [2.24, 2.45) is 10.8 Å². The lowest BCUT2D eigenvalue weighted by Gasteiger charge is -2.44. The normalized spacial score (nSPS) is 21.4. The summed E-state index contributed by atoms with van der Waals surface area (Å²) in [6, 6.07) is 25.4. The van der Waals surface area contributed by atoms with Gasteiger partial charge in [-0.2, -0.15) is 0 Å². The van der Waals surface area contributed by atoms with E-state index >= 15 is 9.59 Å². The average molecular weight is 1080 g/mol. The maximum absolute atomic E-state index is 15.8. The van der Waals surface area contributed by atoms with Crippen LogP contribution in [0.5, 0.6) is 0 Å². The van der Waals surface area contributed by atoms with Gasteiger partial charge in [-0.15, -0.1) is 0 Å². The Morgan fingerprint density at radius 2 is 1.13 bits per heavy atom. The van der Waals surface area contributed by atoms with Crippen LogP contribution >= 0.6 is 0 Å². The molecule has 16 heteroatoms. The van der Waals surface area contributed by atoms with Crippen LogP contribution in [0.25, 0.3) is 0 Å². The summed E-state index contributed by atoms with van der Waals surface area (Å²) in [4.78, 5) is 106. The number of nitrogens with zero attached hydrogens (tertiary/aromatic N) is 3. The van der Waals surface area contributed by atoms with Gasteiger partial charge in [0.25, 0.3) is 5.91 Å². The van der Waals surface area contributed by atoms with Gasteiger partial charge in [-0.25, -0.2) is 0 Å². The van der Waals surface area contributed by atoms with Crippen molar-refractivity contribution in [3.63, 3.8) is 0 Å². The number of fused-ring (bicyclic) bond motifs is 3. The van der Waals surface area contributed by atoms with Crippen molar-refractivity contribution >= 4 is 41.4 Å². The first kappa shape index (κ1) is 58.2. The molecule has 0 spiro atoms. The number of likely N-dealkylation sites (N-methyl/N-ethyl adjacent to an activating group) is 2. The summed E-state index contributed by atoms with van der Waals surface area (Å²) in [5, 5.41) is 18.3. The van der Waals surface area contributed by atoms with E-state index in [2.05, 4.69) is 50.1 Å². The van der Waals surface area contributed by atoms with Crippen LogP contribution in [0.1, 0.15) is 149 Å². The maximum atomic E-state index is 15.8. The summed E-state index contributed by atoms with van der Waals surface area (Å²) in [5.74, 6) is -2.29. The second kappa shape index (κ2) is 24.6. The third-order valence-corrected chi connectivity index (χ3v) is 16.7. The molecule has 422 valence electrons. The van der Waals surface area contributed by atoms with Gasteiger partial charge < -0.3 is 46.6 Å². The zero-order valence-electron chi connectivity index (χ0n) is 47.9. The van der Waals surface area contributed by atoms with Crippen LogP contribution in [0, 0.1) is 10.8 Å². The zero-order chi connectivity index (χ0) is 56.9. The Morgan fingerprint density at radius 1 is 0.608 bits per heavy atom. The second-order valence-corrected chi connectivity index (χ2v) is 24.4. The van der Waals surface area contributed by atoms with Crippen molar-refractivity contribution in [2.75, 3.05) is 20.6 Å². The molecule has 0 saturated carbocycles. The number of hydrogen-bond acceptors (Lipinski definition) is 9. The zero-order valence-corrected chi connectivity index (χ0v) is 47.9. The molecule has 7 amide bonds. The molecule has 16 nitrogen and oxygen atoms in total.